The van der Waals surface area contributed by atoms with Crippen LogP contribution in [0, 0.1) is 0 Å². The Morgan fingerprint density at radius 2 is 2.06 bits per heavy atom. The Balaban J connectivity index is 2.31. The van der Waals surface area contributed by atoms with Crippen LogP contribution in [0.2, 0.25) is 0 Å². The lowest BCUT2D eigenvalue weighted by Crippen LogP contribution is -2.23. The first-order chi connectivity index (χ1) is 8.38. The van der Waals surface area contributed by atoms with E-state index in [4.69, 9.17) is 5.73 Å². The first-order valence-electron chi connectivity index (χ1n) is 5.20. The normalized spacial score (nSPS) is 13.6. The molecule has 0 aliphatic carbocycles. The average Bonchev–Trinajstić information content (AvgIpc) is 2.75. The SMILES string of the molecule is CC(n1cc(-c2ccnc(N)c2)cn1)C(F)(F)F. The number of pyridine rings is 1. The predicted octanol–water partition coefficient (Wildman–Crippen LogP) is 2.65. The molecule has 0 fully saturated rings. The molecule has 0 saturated heterocycles. The van der Waals surface area contributed by atoms with Gasteiger partial charge in [0.1, 0.15) is 11.9 Å². The molecule has 0 saturated carbocycles. The summed E-state index contributed by atoms with van der Waals surface area (Å²) in [5.74, 6) is 0.309. The Morgan fingerprint density at radius 3 is 2.67 bits per heavy atom. The monoisotopic (exact) mass is 256 g/mol. The first-order valence-corrected chi connectivity index (χ1v) is 5.20. The second kappa shape index (κ2) is 4.32. The molecule has 2 N–H and O–H groups in total. The van der Waals surface area contributed by atoms with E-state index < -0.39 is 12.2 Å². The fraction of sp³-hybridized carbons (Fsp3) is 0.273. The van der Waals surface area contributed by atoms with Crippen molar-refractivity contribution in [1.29, 1.82) is 0 Å². The van der Waals surface area contributed by atoms with Crippen molar-refractivity contribution in [2.75, 3.05) is 5.73 Å². The van der Waals surface area contributed by atoms with Crippen molar-refractivity contribution in [3.05, 3.63) is 30.7 Å². The Morgan fingerprint density at radius 1 is 1.33 bits per heavy atom. The molecule has 0 radical (unpaired) electrons. The van der Waals surface area contributed by atoms with Crippen molar-refractivity contribution < 1.29 is 13.2 Å². The van der Waals surface area contributed by atoms with Crippen LogP contribution in [0.4, 0.5) is 19.0 Å². The number of halogens is 3. The maximum Gasteiger partial charge on any atom is 0.410 e. The Hall–Kier alpha value is -2.05. The number of hydrogen-bond acceptors (Lipinski definition) is 3. The van der Waals surface area contributed by atoms with Crippen molar-refractivity contribution >= 4 is 5.82 Å². The quantitative estimate of drug-likeness (QED) is 0.898. The molecule has 18 heavy (non-hydrogen) atoms. The third-order valence-corrected chi connectivity index (χ3v) is 2.59. The van der Waals surface area contributed by atoms with Gasteiger partial charge < -0.3 is 5.73 Å². The minimum atomic E-state index is -4.32. The van der Waals surface area contributed by atoms with Crippen LogP contribution in [-0.2, 0) is 0 Å². The van der Waals surface area contributed by atoms with E-state index in [1.807, 2.05) is 0 Å². The third-order valence-electron chi connectivity index (χ3n) is 2.59. The maximum absolute atomic E-state index is 12.5. The van der Waals surface area contributed by atoms with Gasteiger partial charge in [0, 0.05) is 18.0 Å². The summed E-state index contributed by atoms with van der Waals surface area (Å²) in [6.07, 6.45) is -0.111. The summed E-state index contributed by atoms with van der Waals surface area (Å²) in [6.45, 7) is 1.05. The van der Waals surface area contributed by atoms with Gasteiger partial charge >= 0.3 is 6.18 Å². The Labute approximate surface area is 101 Å². The number of aromatic nitrogens is 3. The van der Waals surface area contributed by atoms with E-state index in [9.17, 15) is 13.2 Å². The van der Waals surface area contributed by atoms with Crippen LogP contribution in [0.15, 0.2) is 30.7 Å². The highest BCUT2D eigenvalue weighted by Crippen LogP contribution is 2.30. The van der Waals surface area contributed by atoms with Gasteiger partial charge in [-0.05, 0) is 24.6 Å². The van der Waals surface area contributed by atoms with Crippen LogP contribution in [0.5, 0.6) is 0 Å². The molecule has 2 heterocycles. The van der Waals surface area contributed by atoms with Gasteiger partial charge in [-0.2, -0.15) is 18.3 Å². The van der Waals surface area contributed by atoms with Gasteiger partial charge in [0.25, 0.3) is 0 Å². The van der Waals surface area contributed by atoms with E-state index in [0.29, 0.717) is 16.9 Å². The maximum atomic E-state index is 12.5. The van der Waals surface area contributed by atoms with Gasteiger partial charge in [-0.15, -0.1) is 0 Å². The zero-order valence-corrected chi connectivity index (χ0v) is 9.52. The number of nitrogen functional groups attached to an aromatic ring is 1. The number of nitrogens with zero attached hydrogens (tertiary/aromatic N) is 3. The van der Waals surface area contributed by atoms with Crippen molar-refractivity contribution in [3.8, 4) is 11.1 Å². The van der Waals surface area contributed by atoms with E-state index in [2.05, 4.69) is 10.1 Å². The van der Waals surface area contributed by atoms with Crippen LogP contribution in [-0.4, -0.2) is 20.9 Å². The molecule has 1 atom stereocenters. The van der Waals surface area contributed by atoms with E-state index in [0.717, 1.165) is 11.6 Å². The molecule has 0 amide bonds. The fourth-order valence-electron chi connectivity index (χ4n) is 1.48. The number of anilines is 1. The van der Waals surface area contributed by atoms with E-state index in [-0.39, 0.29) is 0 Å². The summed E-state index contributed by atoms with van der Waals surface area (Å²) in [4.78, 5) is 3.82. The molecular formula is C11H11F3N4. The molecule has 0 aromatic carbocycles. The standard InChI is InChI=1S/C11H11F3N4/c1-7(11(12,13)14)18-6-9(5-17-18)8-2-3-16-10(15)4-8/h2-7H,1H3,(H2,15,16). The average molecular weight is 256 g/mol. The van der Waals surface area contributed by atoms with Gasteiger partial charge in [-0.1, -0.05) is 0 Å². The molecule has 2 rings (SSSR count). The van der Waals surface area contributed by atoms with Gasteiger partial charge in [-0.25, -0.2) is 4.98 Å². The summed E-state index contributed by atoms with van der Waals surface area (Å²) in [7, 11) is 0. The number of alkyl halides is 3. The predicted molar refractivity (Wildman–Crippen MR) is 60.6 cm³/mol. The lowest BCUT2D eigenvalue weighted by molar-refractivity contribution is -0.165. The van der Waals surface area contributed by atoms with Crippen molar-refractivity contribution in [1.82, 2.24) is 14.8 Å². The zero-order valence-electron chi connectivity index (χ0n) is 9.52. The van der Waals surface area contributed by atoms with Gasteiger partial charge in [0.15, 0.2) is 0 Å². The molecular weight excluding hydrogens is 245 g/mol. The fourth-order valence-corrected chi connectivity index (χ4v) is 1.48. The highest BCUT2D eigenvalue weighted by Gasteiger charge is 2.37. The van der Waals surface area contributed by atoms with Crippen molar-refractivity contribution in [3.63, 3.8) is 0 Å². The van der Waals surface area contributed by atoms with Crippen LogP contribution in [0.25, 0.3) is 11.1 Å². The highest BCUT2D eigenvalue weighted by atomic mass is 19.4. The summed E-state index contributed by atoms with van der Waals surface area (Å²) in [5, 5.41) is 3.72. The second-order valence-corrected chi connectivity index (χ2v) is 3.90. The van der Waals surface area contributed by atoms with E-state index in [1.54, 1.807) is 12.1 Å². The molecule has 0 spiro atoms. The summed E-state index contributed by atoms with van der Waals surface area (Å²) >= 11 is 0. The lowest BCUT2D eigenvalue weighted by atomic mass is 10.1. The molecule has 0 bridgehead atoms. The highest BCUT2D eigenvalue weighted by molar-refractivity contribution is 5.64. The van der Waals surface area contributed by atoms with Gasteiger partial charge in [0.05, 0.1) is 6.20 Å². The zero-order chi connectivity index (χ0) is 13.3. The van der Waals surface area contributed by atoms with Crippen molar-refractivity contribution in [2.24, 2.45) is 0 Å². The summed E-state index contributed by atoms with van der Waals surface area (Å²) in [6, 6.07) is 1.58. The van der Waals surface area contributed by atoms with E-state index in [1.165, 1.54) is 18.6 Å². The molecule has 2 aromatic heterocycles. The number of nitrogens with two attached hydrogens (primary N) is 1. The van der Waals surface area contributed by atoms with Crippen LogP contribution >= 0.6 is 0 Å². The summed E-state index contributed by atoms with van der Waals surface area (Å²) in [5.41, 5.74) is 6.77. The molecule has 0 aliphatic rings. The molecule has 96 valence electrons. The molecule has 0 aliphatic heterocycles. The third kappa shape index (κ3) is 2.44. The smallest absolute Gasteiger partial charge is 0.384 e. The Bertz CT molecular complexity index is 547. The minimum absolute atomic E-state index is 0.309. The van der Waals surface area contributed by atoms with Crippen LogP contribution in [0.1, 0.15) is 13.0 Å². The molecule has 7 heteroatoms. The summed E-state index contributed by atoms with van der Waals surface area (Å²) < 4.78 is 38.4. The van der Waals surface area contributed by atoms with Crippen LogP contribution < -0.4 is 5.73 Å². The number of rotatable bonds is 2. The van der Waals surface area contributed by atoms with Gasteiger partial charge in [-0.3, -0.25) is 4.68 Å². The first kappa shape index (κ1) is 12.4. The topological polar surface area (TPSA) is 56.7 Å². The van der Waals surface area contributed by atoms with Crippen LogP contribution in [0.3, 0.4) is 0 Å². The second-order valence-electron chi connectivity index (χ2n) is 3.90. The van der Waals surface area contributed by atoms with E-state index >= 15 is 0 Å². The van der Waals surface area contributed by atoms with Gasteiger partial charge in [0.2, 0.25) is 0 Å². The van der Waals surface area contributed by atoms with Crippen molar-refractivity contribution in [2.45, 2.75) is 19.1 Å². The largest absolute Gasteiger partial charge is 0.410 e. The molecule has 2 aromatic rings. The Kier molecular flexibility index (Phi) is 2.98. The molecule has 1 unspecified atom stereocenters. The number of hydrogen-bond donors (Lipinski definition) is 1. The molecule has 4 nitrogen and oxygen atoms in total. The lowest BCUT2D eigenvalue weighted by Gasteiger charge is -2.15. The minimum Gasteiger partial charge on any atom is -0.384 e.